The summed E-state index contributed by atoms with van der Waals surface area (Å²) < 4.78 is 44.7. The van der Waals surface area contributed by atoms with Crippen molar-refractivity contribution in [3.05, 3.63) is 90.6 Å². The Kier molecular flexibility index (Phi) is 6.45. The number of hydrogen-bond acceptors (Lipinski definition) is 6. The monoisotopic (exact) mass is 553 g/mol. The number of nitrogens with one attached hydrogen (secondary N) is 2. The lowest BCUT2D eigenvalue weighted by molar-refractivity contribution is 0.607. The predicted molar refractivity (Wildman–Crippen MR) is 150 cm³/mol. The summed E-state index contributed by atoms with van der Waals surface area (Å²) in [7, 11) is -2.12. The van der Waals surface area contributed by atoms with Crippen molar-refractivity contribution < 1.29 is 12.8 Å². The van der Waals surface area contributed by atoms with Crippen LogP contribution in [0.15, 0.2) is 56.8 Å². The Hall–Kier alpha value is -4.19. The second-order valence-corrected chi connectivity index (χ2v) is 11.6. The molecule has 2 aromatic carbocycles. The van der Waals surface area contributed by atoms with Crippen molar-refractivity contribution in [2.75, 3.05) is 16.3 Å². The van der Waals surface area contributed by atoms with Crippen molar-refractivity contribution in [3.63, 3.8) is 0 Å². The highest BCUT2D eigenvalue weighted by atomic mass is 32.2. The molecule has 0 bridgehead atoms. The fraction of sp³-hybridized carbons (Fsp3) is 0.296. The van der Waals surface area contributed by atoms with E-state index in [4.69, 9.17) is 0 Å². The summed E-state index contributed by atoms with van der Waals surface area (Å²) >= 11 is 0. The Bertz CT molecular complexity index is 1940. The topological polar surface area (TPSA) is 124 Å². The molecule has 0 amide bonds. The summed E-state index contributed by atoms with van der Waals surface area (Å²) in [5.74, 6) is -0.515. The van der Waals surface area contributed by atoms with Gasteiger partial charge in [0, 0.05) is 18.7 Å². The molecule has 1 fully saturated rings. The molecule has 204 valence electrons. The van der Waals surface area contributed by atoms with Gasteiger partial charge in [-0.25, -0.2) is 17.6 Å². The molecule has 39 heavy (non-hydrogen) atoms. The van der Waals surface area contributed by atoms with Gasteiger partial charge in [0.15, 0.2) is 0 Å². The molecule has 0 unspecified atom stereocenters. The van der Waals surface area contributed by atoms with Crippen LogP contribution in [0.1, 0.15) is 36.9 Å². The number of aryl methyl sites for hydroxylation is 2. The second kappa shape index (κ2) is 9.53. The minimum Gasteiger partial charge on any atom is -0.338 e. The summed E-state index contributed by atoms with van der Waals surface area (Å²) in [4.78, 5) is 41.4. The number of nitrogens with zero attached hydrogens (tertiary/aromatic N) is 3. The number of pyridine rings is 1. The minimum atomic E-state index is -3.61. The summed E-state index contributed by atoms with van der Waals surface area (Å²) in [5, 5.41) is 3.00. The summed E-state index contributed by atoms with van der Waals surface area (Å²) in [5.41, 5.74) is -0.116. The largest absolute Gasteiger partial charge is 0.338 e. The smallest absolute Gasteiger partial charge is 0.336 e. The molecule has 0 saturated heterocycles. The molecule has 0 atom stereocenters. The Morgan fingerprint density at radius 2 is 1.77 bits per heavy atom. The third kappa shape index (κ3) is 4.76. The lowest BCUT2D eigenvalue weighted by Crippen LogP contribution is -2.41. The molecule has 0 spiro atoms. The molecule has 1 saturated carbocycles. The SMILES string of the molecule is CCc1c(=O)n(C)c(Nc2ccc(C)cc2F)c2c(=O)n(C3CC3)c(=O)n(-c3cccc(NS(C)(=O)=O)c3)c12. The van der Waals surface area contributed by atoms with Crippen molar-refractivity contribution in [2.45, 2.75) is 39.2 Å². The first-order chi connectivity index (χ1) is 18.4. The molecule has 12 heteroatoms. The standard InChI is InChI=1S/C27H28FN5O5S/c1-5-19-23-22(24(31(3)25(19)34)29-21-12-9-15(2)13-20(21)28)26(35)33(17-10-11-17)27(36)32(23)18-8-6-7-16(14-18)30-39(4,37)38/h6-9,12-14,17,29-30H,5,10-11H2,1-4H3. The number of fused-ring (bicyclic) bond motifs is 1. The average Bonchev–Trinajstić information content (AvgIpc) is 3.68. The van der Waals surface area contributed by atoms with Crippen LogP contribution in [0.3, 0.4) is 0 Å². The van der Waals surface area contributed by atoms with Gasteiger partial charge in [-0.1, -0.05) is 19.1 Å². The number of anilines is 3. The van der Waals surface area contributed by atoms with Crippen LogP contribution in [-0.4, -0.2) is 28.4 Å². The first-order valence-electron chi connectivity index (χ1n) is 12.5. The van der Waals surface area contributed by atoms with Crippen LogP contribution in [0.5, 0.6) is 0 Å². The summed E-state index contributed by atoms with van der Waals surface area (Å²) in [6.07, 6.45) is 2.49. The fourth-order valence-corrected chi connectivity index (χ4v) is 5.38. The Balaban J connectivity index is 1.92. The zero-order chi connectivity index (χ0) is 28.2. The number of hydrogen-bond donors (Lipinski definition) is 2. The van der Waals surface area contributed by atoms with E-state index in [9.17, 15) is 27.2 Å². The van der Waals surface area contributed by atoms with Gasteiger partial charge in [-0.3, -0.25) is 28.0 Å². The molecule has 0 radical (unpaired) electrons. The van der Waals surface area contributed by atoms with E-state index < -0.39 is 32.6 Å². The summed E-state index contributed by atoms with van der Waals surface area (Å²) in [6, 6.07) is 10.4. The van der Waals surface area contributed by atoms with Crippen LogP contribution in [0, 0.1) is 12.7 Å². The van der Waals surface area contributed by atoms with Crippen LogP contribution < -0.4 is 26.8 Å². The number of rotatable bonds is 7. The number of halogens is 1. The zero-order valence-electron chi connectivity index (χ0n) is 21.9. The highest BCUT2D eigenvalue weighted by molar-refractivity contribution is 7.92. The van der Waals surface area contributed by atoms with Crippen molar-refractivity contribution in [1.82, 2.24) is 13.7 Å². The van der Waals surface area contributed by atoms with Gasteiger partial charge in [-0.2, -0.15) is 0 Å². The molecule has 10 nitrogen and oxygen atoms in total. The lowest BCUT2D eigenvalue weighted by Gasteiger charge is -2.21. The van der Waals surface area contributed by atoms with Crippen LogP contribution in [0.25, 0.3) is 16.6 Å². The first kappa shape index (κ1) is 26.4. The van der Waals surface area contributed by atoms with E-state index >= 15 is 0 Å². The van der Waals surface area contributed by atoms with Gasteiger partial charge in [-0.05, 0) is 62.1 Å². The Morgan fingerprint density at radius 1 is 1.05 bits per heavy atom. The lowest BCUT2D eigenvalue weighted by atomic mass is 10.1. The molecule has 1 aliphatic carbocycles. The fourth-order valence-electron chi connectivity index (χ4n) is 4.83. The predicted octanol–water partition coefficient (Wildman–Crippen LogP) is 3.31. The van der Waals surface area contributed by atoms with E-state index in [1.807, 2.05) is 0 Å². The van der Waals surface area contributed by atoms with Gasteiger partial charge in [0.2, 0.25) is 10.0 Å². The van der Waals surface area contributed by atoms with Gasteiger partial charge < -0.3 is 5.32 Å². The van der Waals surface area contributed by atoms with E-state index in [0.29, 0.717) is 18.4 Å². The van der Waals surface area contributed by atoms with Gasteiger partial charge >= 0.3 is 5.69 Å². The number of sulfonamides is 1. The quantitative estimate of drug-likeness (QED) is 0.362. The zero-order valence-corrected chi connectivity index (χ0v) is 22.7. The molecule has 2 heterocycles. The van der Waals surface area contributed by atoms with Crippen molar-refractivity contribution in [1.29, 1.82) is 0 Å². The third-order valence-electron chi connectivity index (χ3n) is 6.76. The maximum absolute atomic E-state index is 14.9. The highest BCUT2D eigenvalue weighted by Crippen LogP contribution is 2.34. The molecule has 0 aliphatic heterocycles. The molecule has 4 aromatic rings. The van der Waals surface area contributed by atoms with Crippen molar-refractivity contribution in [2.24, 2.45) is 7.05 Å². The Morgan fingerprint density at radius 3 is 2.38 bits per heavy atom. The van der Waals surface area contributed by atoms with Crippen LogP contribution in [0.2, 0.25) is 0 Å². The maximum atomic E-state index is 14.9. The minimum absolute atomic E-state index is 0.0496. The highest BCUT2D eigenvalue weighted by Gasteiger charge is 2.32. The average molecular weight is 554 g/mol. The molecule has 2 aromatic heterocycles. The number of benzene rings is 2. The van der Waals surface area contributed by atoms with Gasteiger partial charge in [0.25, 0.3) is 11.1 Å². The van der Waals surface area contributed by atoms with E-state index in [1.165, 1.54) is 45.0 Å². The van der Waals surface area contributed by atoms with E-state index in [2.05, 4.69) is 10.0 Å². The van der Waals surface area contributed by atoms with Crippen LogP contribution in [0.4, 0.5) is 21.6 Å². The summed E-state index contributed by atoms with van der Waals surface area (Å²) in [6.45, 7) is 3.49. The van der Waals surface area contributed by atoms with E-state index in [1.54, 1.807) is 32.0 Å². The third-order valence-corrected chi connectivity index (χ3v) is 7.37. The molecule has 5 rings (SSSR count). The van der Waals surface area contributed by atoms with Crippen LogP contribution in [-0.2, 0) is 23.5 Å². The van der Waals surface area contributed by atoms with Gasteiger partial charge in [-0.15, -0.1) is 0 Å². The Labute approximate surface area is 223 Å². The molecule has 1 aliphatic rings. The maximum Gasteiger partial charge on any atom is 0.336 e. The van der Waals surface area contributed by atoms with E-state index in [-0.39, 0.29) is 51.8 Å². The molecule has 2 N–H and O–H groups in total. The van der Waals surface area contributed by atoms with Crippen LogP contribution >= 0.6 is 0 Å². The first-order valence-corrected chi connectivity index (χ1v) is 14.3. The number of aromatic nitrogens is 3. The van der Waals surface area contributed by atoms with E-state index in [0.717, 1.165) is 6.26 Å². The second-order valence-electron chi connectivity index (χ2n) is 9.83. The normalized spacial score (nSPS) is 13.6. The molecular formula is C27H28FN5O5S. The van der Waals surface area contributed by atoms with Crippen molar-refractivity contribution in [3.8, 4) is 5.69 Å². The van der Waals surface area contributed by atoms with Gasteiger partial charge in [0.05, 0.1) is 28.8 Å². The van der Waals surface area contributed by atoms with Crippen molar-refractivity contribution >= 4 is 38.1 Å². The van der Waals surface area contributed by atoms with Gasteiger partial charge in [0.1, 0.15) is 17.0 Å². The molecular weight excluding hydrogens is 525 g/mol.